The molecule has 0 atom stereocenters. The van der Waals surface area contributed by atoms with Gasteiger partial charge in [-0.2, -0.15) is 0 Å². The van der Waals surface area contributed by atoms with Gasteiger partial charge in [-0.05, 0) is 35.4 Å². The van der Waals surface area contributed by atoms with Gasteiger partial charge in [-0.25, -0.2) is 0 Å². The van der Waals surface area contributed by atoms with Crippen molar-refractivity contribution >= 4 is 11.6 Å². The molecular weight excluding hydrogens is 319 g/mol. The predicted octanol–water partition coefficient (Wildman–Crippen LogP) is 4.24. The summed E-state index contributed by atoms with van der Waals surface area (Å²) in [5.74, 6) is -0.422. The Labute approximate surface area is 130 Å². The van der Waals surface area contributed by atoms with Crippen LogP contribution < -0.4 is 15.2 Å². The molecule has 0 saturated heterocycles. The Morgan fingerprint density at radius 2 is 1.59 bits per heavy atom. The van der Waals surface area contributed by atoms with Crippen molar-refractivity contribution in [2.45, 2.75) is 6.36 Å². The molecule has 0 spiro atoms. The van der Waals surface area contributed by atoms with Crippen LogP contribution in [0, 0.1) is 0 Å². The third-order valence-electron chi connectivity index (χ3n) is 2.72. The molecule has 0 unspecified atom stereocenters. The van der Waals surface area contributed by atoms with Crippen molar-refractivity contribution in [2.24, 2.45) is 5.73 Å². The maximum Gasteiger partial charge on any atom is 0.573 e. The quantitative estimate of drug-likeness (QED) is 0.891. The summed E-state index contributed by atoms with van der Waals surface area (Å²) in [6.07, 6.45) is -4.79. The largest absolute Gasteiger partial charge is 0.573 e. The zero-order valence-electron chi connectivity index (χ0n) is 11.4. The molecule has 0 saturated carbocycles. The molecule has 118 valence electrons. The predicted molar refractivity (Wildman–Crippen MR) is 78.1 cm³/mol. The third-order valence-corrected chi connectivity index (χ3v) is 2.97. The number of alkyl halides is 3. The fraction of sp³-hybridized carbons (Fsp3) is 0.200. The number of hydrogen-bond acceptors (Lipinski definition) is 3. The summed E-state index contributed by atoms with van der Waals surface area (Å²) < 4.78 is 46.4. The minimum absolute atomic E-state index is 0.0183. The van der Waals surface area contributed by atoms with Crippen LogP contribution >= 0.6 is 11.6 Å². The Balaban J connectivity index is 2.35. The summed E-state index contributed by atoms with van der Waals surface area (Å²) in [4.78, 5) is 0. The second-order valence-electron chi connectivity index (χ2n) is 4.35. The molecule has 3 nitrogen and oxygen atoms in total. The molecule has 0 bridgehead atoms. The van der Waals surface area contributed by atoms with E-state index < -0.39 is 12.1 Å². The Bertz CT molecular complexity index is 630. The standard InChI is InChI=1S/C15H13ClF3NO2/c16-12-4-1-10(2-5-12)11-3-6-13(22-15(17,18)19)14(9-11)21-8-7-20/h1-6,9H,7-8,20H2. The summed E-state index contributed by atoms with van der Waals surface area (Å²) >= 11 is 5.81. The maximum absolute atomic E-state index is 12.4. The summed E-state index contributed by atoms with van der Waals surface area (Å²) in [5, 5.41) is 0.570. The fourth-order valence-electron chi connectivity index (χ4n) is 1.82. The Hall–Kier alpha value is -1.92. The number of hydrogen-bond donors (Lipinski definition) is 1. The molecule has 7 heteroatoms. The second-order valence-corrected chi connectivity index (χ2v) is 4.79. The van der Waals surface area contributed by atoms with Crippen molar-refractivity contribution in [3.05, 3.63) is 47.5 Å². The molecule has 0 fully saturated rings. The number of rotatable bonds is 5. The van der Waals surface area contributed by atoms with Crippen molar-refractivity contribution in [3.8, 4) is 22.6 Å². The van der Waals surface area contributed by atoms with E-state index in [1.54, 1.807) is 24.3 Å². The lowest BCUT2D eigenvalue weighted by Gasteiger charge is -2.15. The summed E-state index contributed by atoms with van der Waals surface area (Å²) in [6.45, 7) is 0.259. The van der Waals surface area contributed by atoms with E-state index in [9.17, 15) is 13.2 Å². The van der Waals surface area contributed by atoms with Gasteiger partial charge in [-0.15, -0.1) is 13.2 Å². The highest BCUT2D eigenvalue weighted by Crippen LogP contribution is 2.36. The topological polar surface area (TPSA) is 44.5 Å². The molecule has 0 radical (unpaired) electrons. The van der Waals surface area contributed by atoms with Crippen molar-refractivity contribution in [1.82, 2.24) is 0 Å². The van der Waals surface area contributed by atoms with Crippen molar-refractivity contribution in [3.63, 3.8) is 0 Å². The first-order valence-corrected chi connectivity index (χ1v) is 6.75. The minimum Gasteiger partial charge on any atom is -0.488 e. The molecule has 0 aromatic heterocycles. The summed E-state index contributed by atoms with van der Waals surface area (Å²) in [5.41, 5.74) is 6.79. The van der Waals surface area contributed by atoms with Gasteiger partial charge in [0.25, 0.3) is 0 Å². The van der Waals surface area contributed by atoms with E-state index in [2.05, 4.69) is 4.74 Å². The molecule has 2 N–H and O–H groups in total. The Morgan fingerprint density at radius 3 is 2.18 bits per heavy atom. The van der Waals surface area contributed by atoms with Gasteiger partial charge in [0, 0.05) is 11.6 Å². The molecule has 2 rings (SSSR count). The number of nitrogens with two attached hydrogens (primary N) is 1. The molecule has 2 aromatic carbocycles. The third kappa shape index (κ3) is 4.54. The van der Waals surface area contributed by atoms with Crippen LogP contribution in [0.5, 0.6) is 11.5 Å². The van der Waals surface area contributed by atoms with E-state index in [1.807, 2.05) is 0 Å². The van der Waals surface area contributed by atoms with Gasteiger partial charge in [-0.3, -0.25) is 0 Å². The first kappa shape index (κ1) is 16.5. The van der Waals surface area contributed by atoms with Crippen LogP contribution in [0.3, 0.4) is 0 Å². The van der Waals surface area contributed by atoms with Gasteiger partial charge < -0.3 is 15.2 Å². The van der Waals surface area contributed by atoms with Crippen molar-refractivity contribution in [1.29, 1.82) is 0 Å². The van der Waals surface area contributed by atoms with Gasteiger partial charge in [-0.1, -0.05) is 29.8 Å². The Kier molecular flexibility index (Phi) is 5.15. The van der Waals surface area contributed by atoms with Gasteiger partial charge in [0.2, 0.25) is 0 Å². The highest BCUT2D eigenvalue weighted by atomic mass is 35.5. The molecule has 0 aliphatic rings. The molecule has 0 amide bonds. The zero-order valence-corrected chi connectivity index (χ0v) is 12.1. The molecule has 0 aliphatic carbocycles. The maximum atomic E-state index is 12.4. The van der Waals surface area contributed by atoms with Crippen LogP contribution in [0.1, 0.15) is 0 Å². The van der Waals surface area contributed by atoms with Crippen LogP contribution in [0.25, 0.3) is 11.1 Å². The van der Waals surface area contributed by atoms with E-state index in [0.717, 1.165) is 5.56 Å². The van der Waals surface area contributed by atoms with Crippen LogP contribution in [-0.2, 0) is 0 Å². The van der Waals surface area contributed by atoms with Gasteiger partial charge in [0.15, 0.2) is 11.5 Å². The second kappa shape index (κ2) is 6.89. The SMILES string of the molecule is NCCOc1cc(-c2ccc(Cl)cc2)ccc1OC(F)(F)F. The van der Waals surface area contributed by atoms with Crippen LogP contribution in [-0.4, -0.2) is 19.5 Å². The molecule has 0 heterocycles. The first-order chi connectivity index (χ1) is 10.4. The average Bonchev–Trinajstić information content (AvgIpc) is 2.45. The highest BCUT2D eigenvalue weighted by Gasteiger charge is 2.32. The lowest BCUT2D eigenvalue weighted by atomic mass is 10.1. The summed E-state index contributed by atoms with van der Waals surface area (Å²) in [7, 11) is 0. The zero-order chi connectivity index (χ0) is 16.2. The van der Waals surface area contributed by atoms with Crippen molar-refractivity contribution < 1.29 is 22.6 Å². The van der Waals surface area contributed by atoms with E-state index in [0.29, 0.717) is 10.6 Å². The number of ether oxygens (including phenoxy) is 2. The van der Waals surface area contributed by atoms with Crippen LogP contribution in [0.2, 0.25) is 5.02 Å². The van der Waals surface area contributed by atoms with E-state index >= 15 is 0 Å². The molecule has 2 aromatic rings. The molecular formula is C15H13ClF3NO2. The number of halogens is 4. The first-order valence-electron chi connectivity index (χ1n) is 6.37. The Morgan fingerprint density at radius 1 is 0.955 bits per heavy atom. The monoisotopic (exact) mass is 331 g/mol. The van der Waals surface area contributed by atoms with Crippen LogP contribution in [0.15, 0.2) is 42.5 Å². The van der Waals surface area contributed by atoms with Gasteiger partial charge in [0.1, 0.15) is 6.61 Å². The van der Waals surface area contributed by atoms with Crippen LogP contribution in [0.4, 0.5) is 13.2 Å². The van der Waals surface area contributed by atoms with Crippen molar-refractivity contribution in [2.75, 3.05) is 13.2 Å². The van der Waals surface area contributed by atoms with E-state index in [1.165, 1.54) is 18.2 Å². The average molecular weight is 332 g/mol. The number of benzene rings is 2. The highest BCUT2D eigenvalue weighted by molar-refractivity contribution is 6.30. The summed E-state index contributed by atoms with van der Waals surface area (Å²) in [6, 6.07) is 11.1. The minimum atomic E-state index is -4.79. The van der Waals surface area contributed by atoms with Gasteiger partial charge >= 0.3 is 6.36 Å². The lowest BCUT2D eigenvalue weighted by Crippen LogP contribution is -2.18. The van der Waals surface area contributed by atoms with E-state index in [-0.39, 0.29) is 18.9 Å². The normalized spacial score (nSPS) is 11.3. The van der Waals surface area contributed by atoms with Gasteiger partial charge in [0.05, 0.1) is 0 Å². The fourth-order valence-corrected chi connectivity index (χ4v) is 1.95. The molecule has 22 heavy (non-hydrogen) atoms. The smallest absolute Gasteiger partial charge is 0.488 e. The molecule has 0 aliphatic heterocycles. The lowest BCUT2D eigenvalue weighted by molar-refractivity contribution is -0.275. The van der Waals surface area contributed by atoms with E-state index in [4.69, 9.17) is 22.1 Å².